The molecule has 4 nitrogen and oxygen atoms in total. The second kappa shape index (κ2) is 5.00. The van der Waals surface area contributed by atoms with Gasteiger partial charge in [0.05, 0.1) is 10.9 Å². The first-order chi connectivity index (χ1) is 7.22. The number of halogens is 1. The van der Waals surface area contributed by atoms with Crippen molar-refractivity contribution in [2.75, 3.05) is 12.8 Å². The fraction of sp³-hybridized carbons (Fsp3) is 0.667. The summed E-state index contributed by atoms with van der Waals surface area (Å²) >= 11 is 7.12. The molecule has 0 saturated heterocycles. The molecule has 0 spiro atoms. The van der Waals surface area contributed by atoms with Crippen molar-refractivity contribution in [3.05, 3.63) is 15.5 Å². The minimum Gasteiger partial charge on any atom is -0.309 e. The van der Waals surface area contributed by atoms with E-state index in [9.17, 15) is 8.42 Å². The number of nitrogens with zero attached hydrogens (tertiary/aromatic N) is 1. The highest BCUT2D eigenvalue weighted by atomic mass is 35.5. The first kappa shape index (κ1) is 13.9. The summed E-state index contributed by atoms with van der Waals surface area (Å²) in [6.07, 6.45) is 2.83. The van der Waals surface area contributed by atoms with Gasteiger partial charge in [-0.05, 0) is 13.8 Å². The van der Waals surface area contributed by atoms with Crippen LogP contribution in [-0.2, 0) is 16.4 Å². The fourth-order valence-corrected chi connectivity index (χ4v) is 2.26. The number of hydrogen-bond acceptors (Lipinski definition) is 5. The Morgan fingerprint density at radius 1 is 1.56 bits per heavy atom. The van der Waals surface area contributed by atoms with E-state index < -0.39 is 14.6 Å². The molecule has 0 fully saturated rings. The summed E-state index contributed by atoms with van der Waals surface area (Å²) in [5.41, 5.74) is 0. The van der Waals surface area contributed by atoms with Gasteiger partial charge in [-0.25, -0.2) is 13.4 Å². The van der Waals surface area contributed by atoms with E-state index in [1.54, 1.807) is 20.0 Å². The highest BCUT2D eigenvalue weighted by Crippen LogP contribution is 2.18. The Morgan fingerprint density at radius 3 is 2.62 bits per heavy atom. The molecule has 16 heavy (non-hydrogen) atoms. The van der Waals surface area contributed by atoms with Crippen LogP contribution in [0.2, 0.25) is 4.34 Å². The number of hydrogen-bond donors (Lipinski definition) is 1. The van der Waals surface area contributed by atoms with Gasteiger partial charge in [-0.1, -0.05) is 11.6 Å². The van der Waals surface area contributed by atoms with E-state index in [0.717, 1.165) is 5.01 Å². The predicted octanol–water partition coefficient (Wildman–Crippen LogP) is 1.71. The summed E-state index contributed by atoms with van der Waals surface area (Å²) in [5.74, 6) is 0. The van der Waals surface area contributed by atoms with Gasteiger partial charge in [-0.3, -0.25) is 0 Å². The topological polar surface area (TPSA) is 59.1 Å². The Kier molecular flexibility index (Phi) is 4.34. The van der Waals surface area contributed by atoms with Crippen molar-refractivity contribution in [1.82, 2.24) is 10.3 Å². The average molecular weight is 283 g/mol. The van der Waals surface area contributed by atoms with Crippen molar-refractivity contribution in [3.8, 4) is 0 Å². The Labute approximate surface area is 105 Å². The summed E-state index contributed by atoms with van der Waals surface area (Å²) < 4.78 is 22.7. The minimum absolute atomic E-state index is 0.392. The monoisotopic (exact) mass is 282 g/mol. The molecule has 1 aromatic rings. The molecule has 7 heteroatoms. The Hall–Kier alpha value is -0.170. The maximum Gasteiger partial charge on any atom is 0.153 e. The molecule has 1 heterocycles. The molecular weight excluding hydrogens is 268 g/mol. The molecule has 0 bridgehead atoms. The molecule has 0 radical (unpaired) electrons. The van der Waals surface area contributed by atoms with E-state index in [0.29, 0.717) is 17.4 Å². The molecular formula is C9H15ClN2O2S2. The Morgan fingerprint density at radius 2 is 2.19 bits per heavy atom. The van der Waals surface area contributed by atoms with Gasteiger partial charge < -0.3 is 5.32 Å². The standard InChI is InChI=1S/C9H15ClN2O2S2/c1-9(2,16(3,13)14)6-11-5-8-12-4-7(10)15-8/h4,11H,5-6H2,1-3H3. The normalized spacial score (nSPS) is 13.0. The van der Waals surface area contributed by atoms with E-state index >= 15 is 0 Å². The van der Waals surface area contributed by atoms with Crippen LogP contribution >= 0.6 is 22.9 Å². The van der Waals surface area contributed by atoms with Gasteiger partial charge in [0, 0.05) is 19.3 Å². The molecule has 1 rings (SSSR count). The van der Waals surface area contributed by atoms with Crippen molar-refractivity contribution in [2.45, 2.75) is 25.1 Å². The highest BCUT2D eigenvalue weighted by molar-refractivity contribution is 7.92. The van der Waals surface area contributed by atoms with Crippen molar-refractivity contribution in [1.29, 1.82) is 0 Å². The molecule has 0 aliphatic heterocycles. The van der Waals surface area contributed by atoms with Crippen LogP contribution in [0.25, 0.3) is 0 Å². The van der Waals surface area contributed by atoms with E-state index in [-0.39, 0.29) is 0 Å². The van der Waals surface area contributed by atoms with Crippen LogP contribution < -0.4 is 5.32 Å². The number of rotatable bonds is 5. The van der Waals surface area contributed by atoms with Crippen LogP contribution in [0.3, 0.4) is 0 Å². The van der Waals surface area contributed by atoms with E-state index in [1.807, 2.05) is 0 Å². The highest BCUT2D eigenvalue weighted by Gasteiger charge is 2.29. The minimum atomic E-state index is -3.06. The lowest BCUT2D eigenvalue weighted by Crippen LogP contribution is -2.41. The van der Waals surface area contributed by atoms with Crippen LogP contribution in [-0.4, -0.2) is 30.9 Å². The maximum atomic E-state index is 11.4. The first-order valence-electron chi connectivity index (χ1n) is 4.73. The Balaban J connectivity index is 2.48. The largest absolute Gasteiger partial charge is 0.309 e. The summed E-state index contributed by atoms with van der Waals surface area (Å²) in [4.78, 5) is 4.07. The van der Waals surface area contributed by atoms with Gasteiger partial charge in [-0.15, -0.1) is 11.3 Å². The lowest BCUT2D eigenvalue weighted by molar-refractivity contribution is 0.521. The molecule has 1 aromatic heterocycles. The molecule has 0 aliphatic carbocycles. The third kappa shape index (κ3) is 3.69. The average Bonchev–Trinajstić information content (AvgIpc) is 2.49. The zero-order chi connectivity index (χ0) is 12.4. The van der Waals surface area contributed by atoms with Gasteiger partial charge in [0.15, 0.2) is 9.84 Å². The lowest BCUT2D eigenvalue weighted by atomic mass is 10.2. The summed E-state index contributed by atoms with van der Waals surface area (Å²) in [6.45, 7) is 4.33. The molecule has 92 valence electrons. The molecule has 0 unspecified atom stereocenters. The lowest BCUT2D eigenvalue weighted by Gasteiger charge is -2.22. The predicted molar refractivity (Wildman–Crippen MR) is 67.8 cm³/mol. The van der Waals surface area contributed by atoms with Crippen LogP contribution in [0.4, 0.5) is 0 Å². The number of thiazole rings is 1. The molecule has 0 aromatic carbocycles. The molecule has 0 amide bonds. The van der Waals surface area contributed by atoms with Crippen LogP contribution in [0.5, 0.6) is 0 Å². The summed E-state index contributed by atoms with van der Waals surface area (Å²) in [6, 6.07) is 0. The van der Waals surface area contributed by atoms with Crippen LogP contribution in [0.15, 0.2) is 6.20 Å². The van der Waals surface area contributed by atoms with Crippen molar-refractivity contribution in [2.24, 2.45) is 0 Å². The SMILES string of the molecule is CC(C)(CNCc1ncc(Cl)s1)S(C)(=O)=O. The van der Waals surface area contributed by atoms with Crippen molar-refractivity contribution < 1.29 is 8.42 Å². The first-order valence-corrected chi connectivity index (χ1v) is 7.81. The number of aromatic nitrogens is 1. The van der Waals surface area contributed by atoms with E-state index in [1.165, 1.54) is 17.6 Å². The van der Waals surface area contributed by atoms with Crippen molar-refractivity contribution in [3.63, 3.8) is 0 Å². The van der Waals surface area contributed by atoms with E-state index in [2.05, 4.69) is 10.3 Å². The van der Waals surface area contributed by atoms with Gasteiger partial charge in [0.25, 0.3) is 0 Å². The van der Waals surface area contributed by atoms with Crippen molar-refractivity contribution >= 4 is 32.8 Å². The third-order valence-corrected chi connectivity index (χ3v) is 5.62. The molecule has 0 aliphatic rings. The van der Waals surface area contributed by atoms with Crippen LogP contribution in [0, 0.1) is 0 Å². The zero-order valence-corrected chi connectivity index (χ0v) is 11.8. The molecule has 0 atom stereocenters. The summed E-state index contributed by atoms with van der Waals surface area (Å²) in [5, 5.41) is 3.93. The second-order valence-corrected chi connectivity index (χ2v) is 8.59. The van der Waals surface area contributed by atoms with Gasteiger partial charge >= 0.3 is 0 Å². The quantitative estimate of drug-likeness (QED) is 0.893. The van der Waals surface area contributed by atoms with Gasteiger partial charge in [0.1, 0.15) is 9.34 Å². The number of nitrogens with one attached hydrogen (secondary N) is 1. The van der Waals surface area contributed by atoms with Gasteiger partial charge in [0.2, 0.25) is 0 Å². The third-order valence-electron chi connectivity index (χ3n) is 2.36. The van der Waals surface area contributed by atoms with Crippen LogP contribution in [0.1, 0.15) is 18.9 Å². The smallest absolute Gasteiger partial charge is 0.153 e. The number of sulfone groups is 1. The summed E-state index contributed by atoms with van der Waals surface area (Å²) in [7, 11) is -3.06. The van der Waals surface area contributed by atoms with Gasteiger partial charge in [-0.2, -0.15) is 0 Å². The zero-order valence-electron chi connectivity index (χ0n) is 9.45. The molecule has 0 saturated carbocycles. The fourth-order valence-electron chi connectivity index (χ4n) is 0.971. The second-order valence-electron chi connectivity index (χ2n) is 4.19. The maximum absolute atomic E-state index is 11.4. The Bertz CT molecular complexity index is 454. The van der Waals surface area contributed by atoms with E-state index in [4.69, 9.17) is 11.6 Å². The molecule has 1 N–H and O–H groups in total.